The largest absolute Gasteiger partial charge is 0.465 e. The van der Waals surface area contributed by atoms with Gasteiger partial charge in [0.1, 0.15) is 11.5 Å². The smallest absolute Gasteiger partial charge is 0.230 e. The number of ether oxygens (including phenoxy) is 1. The molecule has 1 unspecified atom stereocenters. The second-order valence-electron chi connectivity index (χ2n) is 8.36. The second kappa shape index (κ2) is 8.33. The minimum atomic E-state index is -0.149. The van der Waals surface area contributed by atoms with Gasteiger partial charge in [0.25, 0.3) is 0 Å². The Labute approximate surface area is 162 Å². The van der Waals surface area contributed by atoms with Crippen LogP contribution in [0.4, 0.5) is 0 Å². The molecule has 3 aliphatic heterocycles. The first-order valence-corrected chi connectivity index (χ1v) is 10.6. The average Bonchev–Trinajstić information content (AvgIpc) is 3.38. The molecule has 6 heteroatoms. The normalized spacial score (nSPS) is 27.3. The Hall–Kier alpha value is -1.37. The van der Waals surface area contributed by atoms with Crippen molar-refractivity contribution in [2.75, 3.05) is 59.0 Å². The zero-order valence-electron chi connectivity index (χ0n) is 16.6. The fourth-order valence-corrected chi connectivity index (χ4v) is 4.77. The van der Waals surface area contributed by atoms with E-state index in [2.05, 4.69) is 33.8 Å². The molecule has 4 rings (SSSR count). The summed E-state index contributed by atoms with van der Waals surface area (Å²) < 4.78 is 11.3. The molecular weight excluding hydrogens is 342 g/mol. The van der Waals surface area contributed by atoms with Crippen LogP contribution < -0.4 is 0 Å². The molecule has 3 fully saturated rings. The summed E-state index contributed by atoms with van der Waals surface area (Å²) in [6.45, 7) is 11.2. The average molecular weight is 376 g/mol. The number of hydrogen-bond donors (Lipinski definition) is 0. The molecule has 4 heterocycles. The van der Waals surface area contributed by atoms with Crippen molar-refractivity contribution in [2.45, 2.75) is 39.2 Å². The summed E-state index contributed by atoms with van der Waals surface area (Å²) in [6, 6.07) is 4.19. The van der Waals surface area contributed by atoms with Crippen molar-refractivity contribution >= 4 is 5.91 Å². The molecule has 0 saturated carbocycles. The minimum absolute atomic E-state index is 0.149. The Kier molecular flexibility index (Phi) is 5.85. The van der Waals surface area contributed by atoms with Crippen molar-refractivity contribution in [2.24, 2.45) is 5.41 Å². The molecule has 0 bridgehead atoms. The fraction of sp³-hybridized carbons (Fsp3) is 0.762. The Balaban J connectivity index is 1.28. The van der Waals surface area contributed by atoms with Crippen molar-refractivity contribution in [1.82, 2.24) is 14.7 Å². The molecule has 1 spiro atoms. The summed E-state index contributed by atoms with van der Waals surface area (Å²) in [5, 5.41) is 0. The zero-order valence-corrected chi connectivity index (χ0v) is 16.6. The van der Waals surface area contributed by atoms with Gasteiger partial charge in [0.05, 0.1) is 25.2 Å². The second-order valence-corrected chi connectivity index (χ2v) is 8.36. The summed E-state index contributed by atoms with van der Waals surface area (Å²) >= 11 is 0. The molecule has 1 aromatic rings. The van der Waals surface area contributed by atoms with Gasteiger partial charge in [-0.3, -0.25) is 14.6 Å². The van der Waals surface area contributed by atoms with Crippen molar-refractivity contribution in [1.29, 1.82) is 0 Å². The third-order valence-corrected chi connectivity index (χ3v) is 6.42. The number of morpholine rings is 1. The number of carbonyl (C=O) groups excluding carboxylic acids is 1. The molecule has 3 saturated heterocycles. The van der Waals surface area contributed by atoms with Crippen LogP contribution >= 0.6 is 0 Å². The molecule has 1 amide bonds. The van der Waals surface area contributed by atoms with Crippen LogP contribution in [0.5, 0.6) is 0 Å². The van der Waals surface area contributed by atoms with E-state index in [9.17, 15) is 4.79 Å². The van der Waals surface area contributed by atoms with Gasteiger partial charge in [-0.05, 0) is 37.9 Å². The first-order valence-electron chi connectivity index (χ1n) is 10.6. The molecule has 0 radical (unpaired) electrons. The maximum atomic E-state index is 13.1. The highest BCUT2D eigenvalue weighted by molar-refractivity contribution is 5.85. The van der Waals surface area contributed by atoms with Crippen molar-refractivity contribution in [3.63, 3.8) is 0 Å². The number of aryl methyl sites for hydroxylation is 1. The lowest BCUT2D eigenvalue weighted by Gasteiger charge is -2.29. The topological polar surface area (TPSA) is 49.2 Å². The summed E-state index contributed by atoms with van der Waals surface area (Å²) in [5.74, 6) is 2.49. The van der Waals surface area contributed by atoms with Crippen LogP contribution in [-0.4, -0.2) is 79.6 Å². The van der Waals surface area contributed by atoms with Crippen molar-refractivity contribution < 1.29 is 13.9 Å². The van der Waals surface area contributed by atoms with E-state index in [0.29, 0.717) is 5.91 Å². The van der Waals surface area contributed by atoms with Crippen LogP contribution in [0.3, 0.4) is 0 Å². The number of amides is 1. The number of hydrogen-bond acceptors (Lipinski definition) is 5. The standard InChI is InChI=1S/C21H33N3O3/c1-2-3-18-4-5-19(27-18)16-23-8-6-21(17-23)7-9-24(20(21)25)11-10-22-12-14-26-15-13-22/h4-5H,2-3,6-17H2,1H3. The minimum Gasteiger partial charge on any atom is -0.465 e. The fourth-order valence-electron chi connectivity index (χ4n) is 4.77. The summed E-state index contributed by atoms with van der Waals surface area (Å²) in [4.78, 5) is 20.0. The Morgan fingerprint density at radius 3 is 2.59 bits per heavy atom. The highest BCUT2D eigenvalue weighted by Crippen LogP contribution is 2.41. The molecule has 0 N–H and O–H groups in total. The van der Waals surface area contributed by atoms with Gasteiger partial charge in [-0.2, -0.15) is 0 Å². The van der Waals surface area contributed by atoms with Crippen LogP contribution in [-0.2, 0) is 22.5 Å². The van der Waals surface area contributed by atoms with E-state index in [0.717, 1.165) is 103 Å². The van der Waals surface area contributed by atoms with Crippen LogP contribution in [0.1, 0.15) is 37.7 Å². The van der Waals surface area contributed by atoms with E-state index in [1.165, 1.54) is 0 Å². The molecular formula is C21H33N3O3. The molecule has 150 valence electrons. The Morgan fingerprint density at radius 1 is 1.00 bits per heavy atom. The zero-order chi connectivity index (χ0) is 18.7. The monoisotopic (exact) mass is 375 g/mol. The quantitative estimate of drug-likeness (QED) is 0.729. The summed E-state index contributed by atoms with van der Waals surface area (Å²) in [6.07, 6.45) is 4.10. The number of carbonyl (C=O) groups is 1. The number of furan rings is 1. The lowest BCUT2D eigenvalue weighted by molar-refractivity contribution is -0.135. The van der Waals surface area contributed by atoms with Crippen LogP contribution in [0.15, 0.2) is 16.5 Å². The lowest BCUT2D eigenvalue weighted by Crippen LogP contribution is -2.43. The van der Waals surface area contributed by atoms with Crippen LogP contribution in [0, 0.1) is 5.41 Å². The predicted molar refractivity (Wildman–Crippen MR) is 103 cm³/mol. The van der Waals surface area contributed by atoms with Gasteiger partial charge in [0.2, 0.25) is 5.91 Å². The van der Waals surface area contributed by atoms with Gasteiger partial charge in [0, 0.05) is 45.7 Å². The first-order chi connectivity index (χ1) is 13.2. The molecule has 3 aliphatic rings. The van der Waals surface area contributed by atoms with Crippen LogP contribution in [0.25, 0.3) is 0 Å². The van der Waals surface area contributed by atoms with Gasteiger partial charge < -0.3 is 14.1 Å². The third-order valence-electron chi connectivity index (χ3n) is 6.42. The van der Waals surface area contributed by atoms with Gasteiger partial charge in [-0.1, -0.05) is 6.92 Å². The number of likely N-dealkylation sites (tertiary alicyclic amines) is 2. The number of rotatable bonds is 7. The maximum Gasteiger partial charge on any atom is 0.230 e. The van der Waals surface area contributed by atoms with Gasteiger partial charge in [-0.25, -0.2) is 0 Å². The van der Waals surface area contributed by atoms with Gasteiger partial charge >= 0.3 is 0 Å². The van der Waals surface area contributed by atoms with E-state index in [-0.39, 0.29) is 5.41 Å². The van der Waals surface area contributed by atoms with E-state index >= 15 is 0 Å². The van der Waals surface area contributed by atoms with Gasteiger partial charge in [-0.15, -0.1) is 0 Å². The SMILES string of the molecule is CCCc1ccc(CN2CCC3(CCN(CCN4CCOCC4)C3=O)C2)o1. The molecule has 27 heavy (non-hydrogen) atoms. The molecule has 1 atom stereocenters. The predicted octanol–water partition coefficient (Wildman–Crippen LogP) is 1.99. The van der Waals surface area contributed by atoms with E-state index in [1.807, 2.05) is 0 Å². The highest BCUT2D eigenvalue weighted by Gasteiger charge is 2.50. The van der Waals surface area contributed by atoms with E-state index in [4.69, 9.17) is 9.15 Å². The van der Waals surface area contributed by atoms with Crippen LogP contribution in [0.2, 0.25) is 0 Å². The summed E-state index contributed by atoms with van der Waals surface area (Å²) in [7, 11) is 0. The third kappa shape index (κ3) is 4.23. The maximum absolute atomic E-state index is 13.1. The molecule has 1 aromatic heterocycles. The van der Waals surface area contributed by atoms with Crippen molar-refractivity contribution in [3.8, 4) is 0 Å². The highest BCUT2D eigenvalue weighted by atomic mass is 16.5. The van der Waals surface area contributed by atoms with E-state index < -0.39 is 0 Å². The molecule has 0 aliphatic carbocycles. The Morgan fingerprint density at radius 2 is 1.78 bits per heavy atom. The first kappa shape index (κ1) is 19.0. The lowest BCUT2D eigenvalue weighted by atomic mass is 9.85. The Bertz CT molecular complexity index is 640. The van der Waals surface area contributed by atoms with Crippen molar-refractivity contribution in [3.05, 3.63) is 23.7 Å². The molecule has 6 nitrogen and oxygen atoms in total. The number of nitrogens with zero attached hydrogens (tertiary/aromatic N) is 3. The summed E-state index contributed by atoms with van der Waals surface area (Å²) in [5.41, 5.74) is -0.149. The molecule has 0 aromatic carbocycles. The van der Waals surface area contributed by atoms with Gasteiger partial charge in [0.15, 0.2) is 0 Å². The van der Waals surface area contributed by atoms with E-state index in [1.54, 1.807) is 0 Å².